The summed E-state index contributed by atoms with van der Waals surface area (Å²) in [4.78, 5) is 42.4. The third kappa shape index (κ3) is 4.58. The molecule has 3 rings (SSSR count). The second-order valence-electron chi connectivity index (χ2n) is 7.32. The number of carbonyl (C=O) groups excluding carboxylic acids is 3. The van der Waals surface area contributed by atoms with Crippen molar-refractivity contribution in [1.29, 1.82) is 0 Å². The summed E-state index contributed by atoms with van der Waals surface area (Å²) in [6.45, 7) is 6.42. The Morgan fingerprint density at radius 2 is 1.83 bits per heavy atom. The number of rotatable bonds is 6. The van der Waals surface area contributed by atoms with Crippen LogP contribution in [0.3, 0.4) is 0 Å². The molecule has 0 spiro atoms. The lowest BCUT2D eigenvalue weighted by Gasteiger charge is -2.29. The molecule has 0 radical (unpaired) electrons. The quantitative estimate of drug-likeness (QED) is 0.358. The number of amides is 1. The molecular weight excluding hydrogens is 391 g/mol. The normalized spacial score (nSPS) is 15.1. The lowest BCUT2D eigenvalue weighted by molar-refractivity contribution is -0.884. The van der Waals surface area contributed by atoms with E-state index in [1.54, 1.807) is 18.9 Å². The van der Waals surface area contributed by atoms with Crippen LogP contribution in [0.2, 0.25) is 0 Å². The van der Waals surface area contributed by atoms with E-state index in [9.17, 15) is 18.8 Å². The number of hydrogen-bond acceptors (Lipinski definition) is 5. The molecule has 2 aromatic rings. The van der Waals surface area contributed by atoms with E-state index in [-0.39, 0.29) is 23.4 Å². The fourth-order valence-corrected chi connectivity index (χ4v) is 3.47. The van der Waals surface area contributed by atoms with Crippen LogP contribution >= 0.6 is 0 Å². The number of nitrogens with one attached hydrogen (secondary N) is 3. The molecular formula is C21H26FN4O4+. The number of quaternary nitrogens is 1. The number of aromatic nitrogens is 1. The van der Waals surface area contributed by atoms with Gasteiger partial charge in [-0.05, 0) is 31.5 Å². The van der Waals surface area contributed by atoms with Crippen molar-refractivity contribution < 1.29 is 28.4 Å². The van der Waals surface area contributed by atoms with Crippen LogP contribution < -0.4 is 10.3 Å². The molecule has 3 N–H and O–H groups in total. The van der Waals surface area contributed by atoms with E-state index in [0.29, 0.717) is 24.3 Å². The van der Waals surface area contributed by atoms with Crippen molar-refractivity contribution in [3.05, 3.63) is 47.0 Å². The van der Waals surface area contributed by atoms with Gasteiger partial charge in [-0.2, -0.15) is 0 Å². The standard InChI is InChI=1S/C21H25FN4O4/c1-4-30-21(29)16-13(2)23-18(17(16)14-5-7-15(22)8-6-14)19(27)20(28)24-26-11-9-25(3)10-12-26/h5-8,23H,4,9-12H2,1-3H3,(H,24,28)/p+1. The maximum Gasteiger partial charge on any atom is 0.340 e. The average Bonchev–Trinajstić information content (AvgIpc) is 3.07. The van der Waals surface area contributed by atoms with E-state index >= 15 is 0 Å². The monoisotopic (exact) mass is 417 g/mol. The first-order chi connectivity index (χ1) is 14.3. The molecule has 2 heterocycles. The minimum Gasteiger partial charge on any atom is -0.462 e. The fourth-order valence-electron chi connectivity index (χ4n) is 3.47. The molecule has 0 atom stereocenters. The molecule has 1 aliphatic rings. The van der Waals surface area contributed by atoms with E-state index in [1.807, 2.05) is 0 Å². The molecule has 0 saturated carbocycles. The molecule has 1 aromatic carbocycles. The van der Waals surface area contributed by atoms with Crippen LogP contribution in [0.15, 0.2) is 24.3 Å². The Hall–Kier alpha value is -3.04. The highest BCUT2D eigenvalue weighted by Crippen LogP contribution is 2.31. The van der Waals surface area contributed by atoms with Gasteiger partial charge in [-0.25, -0.2) is 14.2 Å². The lowest BCUT2D eigenvalue weighted by atomic mass is 9.98. The second-order valence-corrected chi connectivity index (χ2v) is 7.32. The Bertz CT molecular complexity index is 947. The number of ketones is 1. The minimum absolute atomic E-state index is 0.0283. The van der Waals surface area contributed by atoms with Crippen LogP contribution in [-0.2, 0) is 9.53 Å². The summed E-state index contributed by atoms with van der Waals surface area (Å²) < 4.78 is 18.5. The maximum absolute atomic E-state index is 13.4. The Morgan fingerprint density at radius 3 is 2.43 bits per heavy atom. The zero-order chi connectivity index (χ0) is 21.8. The molecule has 9 heteroatoms. The Kier molecular flexibility index (Phi) is 6.63. The number of Topliss-reactive ketones (excluding diaryl/α,β-unsaturated/α-hetero) is 1. The Labute approximate surface area is 174 Å². The van der Waals surface area contributed by atoms with Gasteiger partial charge >= 0.3 is 11.9 Å². The zero-order valence-corrected chi connectivity index (χ0v) is 17.3. The van der Waals surface area contributed by atoms with Crippen molar-refractivity contribution in [1.82, 2.24) is 15.4 Å². The number of ether oxygens (including phenoxy) is 1. The van der Waals surface area contributed by atoms with Gasteiger partial charge in [0.05, 0.1) is 45.4 Å². The molecule has 8 nitrogen and oxygen atoms in total. The predicted octanol–water partition coefficient (Wildman–Crippen LogP) is 0.350. The second kappa shape index (κ2) is 9.19. The van der Waals surface area contributed by atoms with Gasteiger partial charge in [-0.1, -0.05) is 12.1 Å². The molecule has 1 aliphatic heterocycles. The van der Waals surface area contributed by atoms with Crippen LogP contribution in [0.25, 0.3) is 11.1 Å². The molecule has 1 amide bonds. The lowest BCUT2D eigenvalue weighted by Crippen LogP contribution is -3.12. The maximum atomic E-state index is 13.4. The zero-order valence-electron chi connectivity index (χ0n) is 17.3. The number of halogens is 1. The van der Waals surface area contributed by atoms with Crippen LogP contribution in [-0.4, -0.2) is 67.5 Å². The Morgan fingerprint density at radius 1 is 1.20 bits per heavy atom. The van der Waals surface area contributed by atoms with Gasteiger partial charge in [0.2, 0.25) is 0 Å². The first-order valence-electron chi connectivity index (χ1n) is 9.89. The largest absolute Gasteiger partial charge is 0.462 e. The number of carbonyl (C=O) groups is 3. The van der Waals surface area contributed by atoms with Crippen molar-refractivity contribution >= 4 is 17.7 Å². The van der Waals surface area contributed by atoms with Crippen LogP contribution in [0, 0.1) is 12.7 Å². The van der Waals surface area contributed by atoms with E-state index in [2.05, 4.69) is 17.5 Å². The van der Waals surface area contributed by atoms with Gasteiger partial charge in [0, 0.05) is 11.3 Å². The van der Waals surface area contributed by atoms with Crippen LogP contribution in [0.1, 0.15) is 33.5 Å². The molecule has 30 heavy (non-hydrogen) atoms. The van der Waals surface area contributed by atoms with Crippen molar-refractivity contribution in [3.63, 3.8) is 0 Å². The highest BCUT2D eigenvalue weighted by atomic mass is 19.1. The number of esters is 1. The van der Waals surface area contributed by atoms with Crippen LogP contribution in [0.5, 0.6) is 0 Å². The van der Waals surface area contributed by atoms with E-state index < -0.39 is 23.5 Å². The number of nitrogens with zero attached hydrogens (tertiary/aromatic N) is 1. The van der Waals surface area contributed by atoms with Gasteiger partial charge in [0.25, 0.3) is 5.78 Å². The van der Waals surface area contributed by atoms with Gasteiger partial charge in [0.15, 0.2) is 0 Å². The number of hydrogen-bond donors (Lipinski definition) is 3. The SMILES string of the molecule is CCOC(=O)c1c(C)[nH]c(C(=O)C(=O)NN2CC[NH+](C)CC2)c1-c1ccc(F)cc1. The molecule has 0 aliphatic carbocycles. The van der Waals surface area contributed by atoms with E-state index in [1.165, 1.54) is 29.2 Å². The number of hydrazine groups is 1. The van der Waals surface area contributed by atoms with Crippen LogP contribution in [0.4, 0.5) is 4.39 Å². The first-order valence-corrected chi connectivity index (χ1v) is 9.89. The number of piperazine rings is 1. The number of benzene rings is 1. The van der Waals surface area contributed by atoms with E-state index in [0.717, 1.165) is 13.1 Å². The third-order valence-electron chi connectivity index (χ3n) is 5.11. The summed E-state index contributed by atoms with van der Waals surface area (Å²) in [5, 5.41) is 1.72. The first kappa shape index (κ1) is 21.7. The van der Waals surface area contributed by atoms with Crippen molar-refractivity contribution in [3.8, 4) is 11.1 Å². The van der Waals surface area contributed by atoms with Gasteiger partial charge in [0.1, 0.15) is 11.5 Å². The van der Waals surface area contributed by atoms with Crippen molar-refractivity contribution in [2.45, 2.75) is 13.8 Å². The highest BCUT2D eigenvalue weighted by molar-refractivity contribution is 6.43. The topological polar surface area (TPSA) is 95.9 Å². The molecule has 0 unspecified atom stereocenters. The third-order valence-corrected chi connectivity index (χ3v) is 5.11. The molecule has 160 valence electrons. The predicted molar refractivity (Wildman–Crippen MR) is 108 cm³/mol. The summed E-state index contributed by atoms with van der Waals surface area (Å²) in [6, 6.07) is 5.37. The van der Waals surface area contributed by atoms with Crippen molar-refractivity contribution in [2.75, 3.05) is 39.8 Å². The number of aryl methyl sites for hydroxylation is 1. The molecule has 1 saturated heterocycles. The smallest absolute Gasteiger partial charge is 0.340 e. The van der Waals surface area contributed by atoms with E-state index in [4.69, 9.17) is 4.74 Å². The van der Waals surface area contributed by atoms with Crippen molar-refractivity contribution in [2.24, 2.45) is 0 Å². The summed E-state index contributed by atoms with van der Waals surface area (Å²) in [6.07, 6.45) is 0. The minimum atomic E-state index is -0.806. The van der Waals surface area contributed by atoms with Gasteiger partial charge in [-0.3, -0.25) is 15.0 Å². The summed E-state index contributed by atoms with van der Waals surface area (Å²) in [5.41, 5.74) is 3.83. The van der Waals surface area contributed by atoms with Gasteiger partial charge < -0.3 is 14.6 Å². The Balaban J connectivity index is 1.96. The van der Waals surface area contributed by atoms with Gasteiger partial charge in [-0.15, -0.1) is 0 Å². The molecule has 1 aromatic heterocycles. The summed E-state index contributed by atoms with van der Waals surface area (Å²) in [7, 11) is 2.07. The number of H-pyrrole nitrogens is 1. The summed E-state index contributed by atoms with van der Waals surface area (Å²) >= 11 is 0. The molecule has 0 bridgehead atoms. The molecule has 1 fully saturated rings. The average molecular weight is 417 g/mol. The number of aromatic amines is 1. The highest BCUT2D eigenvalue weighted by Gasteiger charge is 2.31. The fraction of sp³-hybridized carbons (Fsp3) is 0.381. The number of likely N-dealkylation sites (N-methyl/N-ethyl adjacent to an activating group) is 1. The summed E-state index contributed by atoms with van der Waals surface area (Å²) in [5.74, 6) is -2.67.